The Kier molecular flexibility index (Phi) is 5.39. The van der Waals surface area contributed by atoms with Crippen molar-refractivity contribution in [2.75, 3.05) is 31.1 Å². The van der Waals surface area contributed by atoms with Gasteiger partial charge in [-0.2, -0.15) is 15.1 Å². The fourth-order valence-corrected chi connectivity index (χ4v) is 7.55. The molecule has 10 heteroatoms. The van der Waals surface area contributed by atoms with Crippen LogP contribution in [0.4, 0.5) is 14.6 Å². The van der Waals surface area contributed by atoms with Gasteiger partial charge in [0.15, 0.2) is 18.0 Å². The molecule has 206 valence electrons. The largest absolute Gasteiger partial charge is 0.456 e. The number of H-pyrrole nitrogens is 1. The van der Waals surface area contributed by atoms with E-state index in [1.807, 2.05) is 19.1 Å². The van der Waals surface area contributed by atoms with Gasteiger partial charge >= 0.3 is 6.01 Å². The van der Waals surface area contributed by atoms with Gasteiger partial charge in [0.25, 0.3) is 0 Å². The third-order valence-electron chi connectivity index (χ3n) is 9.52. The third kappa shape index (κ3) is 3.64. The lowest BCUT2D eigenvalue weighted by Crippen LogP contribution is -2.51. The van der Waals surface area contributed by atoms with E-state index in [0.29, 0.717) is 40.8 Å². The number of halogens is 2. The highest BCUT2D eigenvalue weighted by Crippen LogP contribution is 2.41. The first-order chi connectivity index (χ1) is 19.5. The van der Waals surface area contributed by atoms with Crippen LogP contribution in [-0.2, 0) is 0 Å². The number of nitrogens with zero attached hydrogens (tertiary/aromatic N) is 5. The molecule has 3 unspecified atom stereocenters. The van der Waals surface area contributed by atoms with Crippen LogP contribution in [-0.4, -0.2) is 74.8 Å². The highest BCUT2D eigenvalue weighted by Gasteiger charge is 2.49. The zero-order chi connectivity index (χ0) is 27.0. The lowest BCUT2D eigenvalue weighted by molar-refractivity contribution is -0.577. The maximum absolute atomic E-state index is 16.6. The van der Waals surface area contributed by atoms with Crippen molar-refractivity contribution >= 4 is 33.8 Å². The molecule has 4 aliphatic rings. The van der Waals surface area contributed by atoms with Crippen molar-refractivity contribution < 1.29 is 18.1 Å². The van der Waals surface area contributed by atoms with E-state index in [4.69, 9.17) is 9.72 Å². The molecule has 4 aromatic rings. The van der Waals surface area contributed by atoms with Crippen molar-refractivity contribution in [3.8, 4) is 17.1 Å². The molecule has 3 atom stereocenters. The highest BCUT2D eigenvalue weighted by molar-refractivity contribution is 6.00. The van der Waals surface area contributed by atoms with Gasteiger partial charge in [-0.1, -0.05) is 6.07 Å². The van der Waals surface area contributed by atoms with Gasteiger partial charge in [0.1, 0.15) is 29.9 Å². The normalized spacial score (nSPS) is 25.7. The summed E-state index contributed by atoms with van der Waals surface area (Å²) in [5.41, 5.74) is 1.89. The Labute approximate surface area is 230 Å². The second-order valence-corrected chi connectivity index (χ2v) is 11.9. The number of piperazine rings is 1. The number of anilines is 1. The lowest BCUT2D eigenvalue weighted by atomic mass is 9.94. The number of aromatic nitrogens is 4. The molecule has 8 nitrogen and oxygen atoms in total. The van der Waals surface area contributed by atoms with E-state index in [-0.39, 0.29) is 22.6 Å². The van der Waals surface area contributed by atoms with Crippen LogP contribution in [0.2, 0.25) is 0 Å². The molecule has 3 fully saturated rings. The first-order valence-electron chi connectivity index (χ1n) is 14.4. The molecule has 2 bridgehead atoms. The Balaban J connectivity index is 1.28. The van der Waals surface area contributed by atoms with Crippen LogP contribution >= 0.6 is 0 Å². The van der Waals surface area contributed by atoms with Crippen LogP contribution in [0, 0.1) is 18.6 Å². The SMILES string of the molecule is Cc1ccc2[nH]ncc2c1-c1c(F)cc2c(N3CC4CCC(C3)N4)nc(OCC34CCC=[N+]3CCC4)nc2c1F. The van der Waals surface area contributed by atoms with Gasteiger partial charge in [-0.3, -0.25) is 5.10 Å². The molecule has 6 heterocycles. The van der Waals surface area contributed by atoms with Gasteiger partial charge in [0.05, 0.1) is 17.3 Å². The summed E-state index contributed by atoms with van der Waals surface area (Å²) in [6.45, 7) is 4.80. The minimum absolute atomic E-state index is 0.0484. The van der Waals surface area contributed by atoms with Crippen molar-refractivity contribution in [3.05, 3.63) is 41.6 Å². The number of nitrogens with one attached hydrogen (secondary N) is 2. The maximum Gasteiger partial charge on any atom is 0.319 e. The van der Waals surface area contributed by atoms with Crippen LogP contribution in [0.5, 0.6) is 6.01 Å². The van der Waals surface area contributed by atoms with Crippen molar-refractivity contribution in [1.82, 2.24) is 25.5 Å². The third-order valence-corrected chi connectivity index (χ3v) is 9.52. The van der Waals surface area contributed by atoms with Crippen LogP contribution in [0.1, 0.15) is 44.1 Å². The van der Waals surface area contributed by atoms with Gasteiger partial charge in [-0.15, -0.1) is 0 Å². The van der Waals surface area contributed by atoms with E-state index in [9.17, 15) is 0 Å². The number of aryl methyl sites for hydroxylation is 1. The van der Waals surface area contributed by atoms with Crippen LogP contribution in [0.3, 0.4) is 0 Å². The number of ether oxygens (including phenoxy) is 1. The molecule has 8 rings (SSSR count). The van der Waals surface area contributed by atoms with E-state index in [1.54, 1.807) is 6.20 Å². The van der Waals surface area contributed by atoms with Gasteiger partial charge in [-0.05, 0) is 37.5 Å². The Morgan fingerprint density at radius 1 is 1.10 bits per heavy atom. The summed E-state index contributed by atoms with van der Waals surface area (Å²) in [5.74, 6) is -0.798. The Morgan fingerprint density at radius 2 is 1.95 bits per heavy atom. The Hall–Kier alpha value is -3.66. The van der Waals surface area contributed by atoms with E-state index >= 15 is 8.78 Å². The number of hydrogen-bond donors (Lipinski definition) is 2. The molecule has 0 radical (unpaired) electrons. The summed E-state index contributed by atoms with van der Waals surface area (Å²) >= 11 is 0. The zero-order valence-corrected chi connectivity index (χ0v) is 22.5. The van der Waals surface area contributed by atoms with Gasteiger partial charge in [0, 0.05) is 67.2 Å². The topological polar surface area (TPSA) is 82.0 Å². The number of aromatic amines is 1. The maximum atomic E-state index is 16.6. The number of fused-ring (bicyclic) bond motifs is 5. The molecule has 0 aliphatic carbocycles. The quantitative estimate of drug-likeness (QED) is 0.361. The number of rotatable bonds is 5. The molecule has 4 aliphatic heterocycles. The predicted octanol–water partition coefficient (Wildman–Crippen LogP) is 4.49. The van der Waals surface area contributed by atoms with Gasteiger partial charge < -0.3 is 15.0 Å². The Bertz CT molecular complexity index is 1690. The highest BCUT2D eigenvalue weighted by atomic mass is 19.1. The summed E-state index contributed by atoms with van der Waals surface area (Å²) in [5, 5.41) is 11.7. The van der Waals surface area contributed by atoms with E-state index in [1.165, 1.54) is 6.07 Å². The molecule has 40 heavy (non-hydrogen) atoms. The van der Waals surface area contributed by atoms with Crippen molar-refractivity contribution in [3.63, 3.8) is 0 Å². The van der Waals surface area contributed by atoms with Crippen molar-refractivity contribution in [2.45, 2.75) is 63.1 Å². The molecule has 0 amide bonds. The molecule has 0 saturated carbocycles. The molecule has 3 saturated heterocycles. The minimum atomic E-state index is -0.701. The van der Waals surface area contributed by atoms with E-state index in [0.717, 1.165) is 69.2 Å². The van der Waals surface area contributed by atoms with E-state index < -0.39 is 11.6 Å². The predicted molar refractivity (Wildman–Crippen MR) is 149 cm³/mol. The lowest BCUT2D eigenvalue weighted by Gasteiger charge is -2.34. The van der Waals surface area contributed by atoms with E-state index in [2.05, 4.69) is 36.2 Å². The Morgan fingerprint density at radius 3 is 2.80 bits per heavy atom. The molecule has 2 aromatic heterocycles. The summed E-state index contributed by atoms with van der Waals surface area (Å²) in [6, 6.07) is 5.94. The monoisotopic (exact) mass is 544 g/mol. The average Bonchev–Trinajstić information content (AvgIpc) is 3.73. The first kappa shape index (κ1) is 24.2. The fourth-order valence-electron chi connectivity index (χ4n) is 7.55. The van der Waals surface area contributed by atoms with Crippen LogP contribution in [0.25, 0.3) is 32.9 Å². The summed E-state index contributed by atoms with van der Waals surface area (Å²) < 4.78 is 41.3. The van der Waals surface area contributed by atoms with Crippen LogP contribution in [0.15, 0.2) is 24.4 Å². The standard InChI is InChI=1S/C30H32F2N7O/c1-17-4-7-23-21(13-33-37-23)24(17)25-22(31)12-20-27(26(25)32)35-29(40-16-30-8-2-10-39(30)11-3-9-30)36-28(20)38-14-18-5-6-19(15-38)34-18/h4,7,10,12-13,18-19,34H,2-3,5-6,8-9,11,14-16H2,1H3,(H,33,37)/q+1. The average molecular weight is 545 g/mol. The fraction of sp³-hybridized carbons (Fsp3) is 0.467. The summed E-state index contributed by atoms with van der Waals surface area (Å²) in [4.78, 5) is 11.6. The second-order valence-electron chi connectivity index (χ2n) is 11.9. The van der Waals surface area contributed by atoms with Crippen LogP contribution < -0.4 is 15.0 Å². The smallest absolute Gasteiger partial charge is 0.319 e. The molecular weight excluding hydrogens is 512 g/mol. The second kappa shape index (κ2) is 8.92. The number of hydrogen-bond acceptors (Lipinski definition) is 6. The van der Waals surface area contributed by atoms with Crippen molar-refractivity contribution in [2.24, 2.45) is 0 Å². The molecule has 2 aromatic carbocycles. The molecular formula is C30H32F2N7O+. The minimum Gasteiger partial charge on any atom is -0.456 e. The molecule has 0 spiro atoms. The number of benzene rings is 2. The summed E-state index contributed by atoms with van der Waals surface area (Å²) in [7, 11) is 0. The van der Waals surface area contributed by atoms with Gasteiger partial charge in [0.2, 0.25) is 0 Å². The molecule has 2 N–H and O–H groups in total. The first-order valence-corrected chi connectivity index (χ1v) is 14.4. The zero-order valence-electron chi connectivity index (χ0n) is 22.5. The summed E-state index contributed by atoms with van der Waals surface area (Å²) in [6.07, 6.45) is 10.3. The van der Waals surface area contributed by atoms with Gasteiger partial charge in [-0.25, -0.2) is 13.4 Å². The van der Waals surface area contributed by atoms with Crippen molar-refractivity contribution in [1.29, 1.82) is 0 Å².